The summed E-state index contributed by atoms with van der Waals surface area (Å²) in [7, 11) is 0.438. The number of anilines is 1. The van der Waals surface area contributed by atoms with Crippen molar-refractivity contribution in [3.05, 3.63) is 23.8 Å². The van der Waals surface area contributed by atoms with E-state index in [1.165, 1.54) is 0 Å². The Morgan fingerprint density at radius 1 is 1.03 bits per heavy atom. The van der Waals surface area contributed by atoms with Crippen LogP contribution in [-0.2, 0) is 10.0 Å². The molecule has 0 aromatic heterocycles. The number of amides is 1. The van der Waals surface area contributed by atoms with Crippen LogP contribution < -0.4 is 10.2 Å². The van der Waals surface area contributed by atoms with Crippen molar-refractivity contribution >= 4 is 21.6 Å². The summed E-state index contributed by atoms with van der Waals surface area (Å²) in [6, 6.07) is 5.07. The number of hydrogen-bond acceptors (Lipinski definition) is 5. The van der Waals surface area contributed by atoms with E-state index in [9.17, 15) is 13.2 Å². The molecule has 2 aliphatic rings. The summed E-state index contributed by atoms with van der Waals surface area (Å²) in [5.74, 6) is -0.193. The van der Waals surface area contributed by atoms with Gasteiger partial charge in [-0.05, 0) is 70.9 Å². The molecule has 3 rings (SSSR count). The highest BCUT2D eigenvalue weighted by Gasteiger charge is 2.28. The van der Waals surface area contributed by atoms with Crippen LogP contribution in [0.5, 0.6) is 0 Å². The Kier molecular flexibility index (Phi) is 7.54. The minimum absolute atomic E-state index is 0.193. The summed E-state index contributed by atoms with van der Waals surface area (Å²) in [5.41, 5.74) is 1.31. The smallest absolute Gasteiger partial charge is 0.253 e. The lowest BCUT2D eigenvalue weighted by Crippen LogP contribution is -2.36. The normalized spacial score (nSPS) is 18.4. The first-order valence-electron chi connectivity index (χ1n) is 10.7. The van der Waals surface area contributed by atoms with Crippen molar-refractivity contribution in [2.45, 2.75) is 43.4 Å². The van der Waals surface area contributed by atoms with Crippen LogP contribution >= 0.6 is 0 Å². The zero-order valence-electron chi connectivity index (χ0n) is 17.7. The molecule has 2 fully saturated rings. The molecule has 1 N–H and O–H groups in total. The molecule has 2 saturated heterocycles. The summed E-state index contributed by atoms with van der Waals surface area (Å²) in [5, 5.41) is 2.98. The van der Waals surface area contributed by atoms with E-state index >= 15 is 0 Å². The second-order valence-corrected chi connectivity index (χ2v) is 10.2. The van der Waals surface area contributed by atoms with E-state index < -0.39 is 10.0 Å². The summed E-state index contributed by atoms with van der Waals surface area (Å²) in [4.78, 5) is 17.4. The molecule has 0 radical (unpaired) electrons. The monoisotopic (exact) mass is 422 g/mol. The van der Waals surface area contributed by atoms with Crippen LogP contribution in [0.15, 0.2) is 23.1 Å². The fraction of sp³-hybridized carbons (Fsp3) is 0.667. The molecule has 0 unspecified atom stereocenters. The third-order valence-corrected chi connectivity index (χ3v) is 7.57. The molecule has 0 aliphatic carbocycles. The molecule has 1 aromatic carbocycles. The van der Waals surface area contributed by atoms with Crippen LogP contribution in [0.2, 0.25) is 0 Å². The van der Waals surface area contributed by atoms with Crippen molar-refractivity contribution in [2.24, 2.45) is 0 Å². The van der Waals surface area contributed by atoms with Gasteiger partial charge in [0.25, 0.3) is 5.91 Å². The minimum atomic E-state index is -3.57. The zero-order chi connectivity index (χ0) is 20.9. The van der Waals surface area contributed by atoms with Gasteiger partial charge in [0.05, 0.1) is 10.5 Å². The molecule has 8 heteroatoms. The third-order valence-electron chi connectivity index (χ3n) is 5.68. The molecule has 2 heterocycles. The van der Waals surface area contributed by atoms with Gasteiger partial charge in [-0.2, -0.15) is 4.31 Å². The lowest BCUT2D eigenvalue weighted by Gasteiger charge is -2.27. The van der Waals surface area contributed by atoms with Crippen molar-refractivity contribution in [3.63, 3.8) is 0 Å². The molecule has 162 valence electrons. The quantitative estimate of drug-likeness (QED) is 0.650. The highest BCUT2D eigenvalue weighted by molar-refractivity contribution is 7.89. The number of benzene rings is 1. The van der Waals surface area contributed by atoms with E-state index in [4.69, 9.17) is 0 Å². The Morgan fingerprint density at radius 3 is 2.34 bits per heavy atom. The molecule has 1 amide bonds. The molecule has 2 aliphatic heterocycles. The van der Waals surface area contributed by atoms with E-state index in [0.717, 1.165) is 63.8 Å². The highest BCUT2D eigenvalue weighted by Crippen LogP contribution is 2.29. The number of hydrogen-bond donors (Lipinski definition) is 1. The van der Waals surface area contributed by atoms with Gasteiger partial charge in [-0.15, -0.1) is 0 Å². The Hall–Kier alpha value is -1.64. The summed E-state index contributed by atoms with van der Waals surface area (Å²) < 4.78 is 27.8. The van der Waals surface area contributed by atoms with E-state index in [1.807, 2.05) is 20.2 Å². The van der Waals surface area contributed by atoms with E-state index in [1.54, 1.807) is 16.4 Å². The van der Waals surface area contributed by atoms with Crippen molar-refractivity contribution in [1.82, 2.24) is 14.5 Å². The van der Waals surface area contributed by atoms with Crippen molar-refractivity contribution in [2.75, 3.05) is 58.3 Å². The molecule has 7 nitrogen and oxygen atoms in total. The Balaban J connectivity index is 1.84. The number of carbonyl (C=O) groups is 1. The topological polar surface area (TPSA) is 73.0 Å². The van der Waals surface area contributed by atoms with Gasteiger partial charge >= 0.3 is 0 Å². The molecule has 1 aromatic rings. The Bertz CT molecular complexity index is 798. The minimum Gasteiger partial charge on any atom is -0.371 e. The van der Waals surface area contributed by atoms with Gasteiger partial charge in [-0.3, -0.25) is 4.79 Å². The zero-order valence-corrected chi connectivity index (χ0v) is 18.5. The van der Waals surface area contributed by atoms with E-state index in [2.05, 4.69) is 15.1 Å². The number of rotatable bonds is 8. The van der Waals surface area contributed by atoms with E-state index in [-0.39, 0.29) is 10.8 Å². The average molecular weight is 423 g/mol. The van der Waals surface area contributed by atoms with Crippen LogP contribution in [0, 0.1) is 0 Å². The summed E-state index contributed by atoms with van der Waals surface area (Å²) in [6.45, 7) is 4.38. The predicted octanol–water partition coefficient (Wildman–Crippen LogP) is 2.14. The van der Waals surface area contributed by atoms with Gasteiger partial charge in [0.1, 0.15) is 0 Å². The first-order chi connectivity index (χ1) is 13.9. The maximum atomic E-state index is 13.1. The highest BCUT2D eigenvalue weighted by atomic mass is 32.2. The van der Waals surface area contributed by atoms with Crippen molar-refractivity contribution < 1.29 is 13.2 Å². The fourth-order valence-electron chi connectivity index (χ4n) is 4.04. The number of nitrogens with one attached hydrogen (secondary N) is 1. The lowest BCUT2D eigenvalue weighted by molar-refractivity contribution is 0.0952. The molecule has 0 bridgehead atoms. The Labute approximate surface area is 175 Å². The lowest BCUT2D eigenvalue weighted by atomic mass is 10.1. The van der Waals surface area contributed by atoms with Crippen molar-refractivity contribution in [1.29, 1.82) is 0 Å². The molecule has 0 spiro atoms. The fourth-order valence-corrected chi connectivity index (χ4v) is 5.58. The molecule has 0 saturated carbocycles. The number of piperidine rings is 1. The van der Waals surface area contributed by atoms with Gasteiger partial charge in [0.2, 0.25) is 10.0 Å². The van der Waals surface area contributed by atoms with Gasteiger partial charge in [-0.25, -0.2) is 8.42 Å². The molecular formula is C21H34N4O3S. The summed E-state index contributed by atoms with van der Waals surface area (Å²) >= 11 is 0. The summed E-state index contributed by atoms with van der Waals surface area (Å²) in [6.07, 6.45) is 5.90. The van der Waals surface area contributed by atoms with Crippen molar-refractivity contribution in [3.8, 4) is 0 Å². The van der Waals surface area contributed by atoms with Crippen LogP contribution in [-0.4, -0.2) is 76.9 Å². The average Bonchev–Trinajstić information content (AvgIpc) is 3.26. The second-order valence-electron chi connectivity index (χ2n) is 8.25. The number of sulfonamides is 1. The SMILES string of the molecule is CN(C)CCCNC(=O)c1cc(S(=O)(=O)N2CCCCC2)ccc1N1CCCC1. The molecular weight excluding hydrogens is 388 g/mol. The first kappa shape index (κ1) is 22.1. The van der Waals surface area contributed by atoms with Gasteiger partial charge in [0.15, 0.2) is 0 Å². The maximum Gasteiger partial charge on any atom is 0.253 e. The van der Waals surface area contributed by atoms with Crippen LogP contribution in [0.3, 0.4) is 0 Å². The van der Waals surface area contributed by atoms with Gasteiger partial charge < -0.3 is 15.1 Å². The van der Waals surface area contributed by atoms with Gasteiger partial charge in [-0.1, -0.05) is 6.42 Å². The maximum absolute atomic E-state index is 13.1. The van der Waals surface area contributed by atoms with Crippen LogP contribution in [0.1, 0.15) is 48.9 Å². The first-order valence-corrected chi connectivity index (χ1v) is 12.2. The largest absolute Gasteiger partial charge is 0.371 e. The Morgan fingerprint density at radius 2 is 1.69 bits per heavy atom. The number of carbonyl (C=O) groups excluding carboxylic acids is 1. The molecule has 29 heavy (non-hydrogen) atoms. The van der Waals surface area contributed by atoms with Crippen LogP contribution in [0.25, 0.3) is 0 Å². The number of nitrogens with zero attached hydrogens (tertiary/aromatic N) is 3. The molecule has 0 atom stereocenters. The second kappa shape index (κ2) is 9.91. The standard InChI is InChI=1S/C21H34N4O3S/c1-23(2)12-8-11-22-21(26)19-17-18(9-10-20(19)24-13-6-7-14-24)29(27,28)25-15-4-3-5-16-25/h9-10,17H,3-8,11-16H2,1-2H3,(H,22,26). The third kappa shape index (κ3) is 5.49. The predicted molar refractivity (Wildman–Crippen MR) is 116 cm³/mol. The van der Waals surface area contributed by atoms with E-state index in [0.29, 0.717) is 25.2 Å². The van der Waals surface area contributed by atoms with Gasteiger partial charge in [0, 0.05) is 38.4 Å². The van der Waals surface area contributed by atoms with Crippen LogP contribution in [0.4, 0.5) is 5.69 Å².